The molecule has 1 amide bonds. The highest BCUT2D eigenvalue weighted by Crippen LogP contribution is 2.15. The van der Waals surface area contributed by atoms with Crippen LogP contribution < -0.4 is 10.5 Å². The van der Waals surface area contributed by atoms with Crippen molar-refractivity contribution < 1.29 is 9.53 Å². The first-order valence-electron chi connectivity index (χ1n) is 6.86. The molecule has 4 nitrogen and oxygen atoms in total. The predicted molar refractivity (Wildman–Crippen MR) is 82.7 cm³/mol. The van der Waals surface area contributed by atoms with Gasteiger partial charge >= 0.3 is 0 Å². The average molecular weight is 284 g/mol. The van der Waals surface area contributed by atoms with Crippen molar-refractivity contribution in [2.24, 2.45) is 5.73 Å². The molecule has 0 radical (unpaired) electrons. The van der Waals surface area contributed by atoms with Crippen molar-refractivity contribution in [3.8, 4) is 5.75 Å². The summed E-state index contributed by atoms with van der Waals surface area (Å²) in [6.07, 6.45) is 0. The van der Waals surface area contributed by atoms with Crippen LogP contribution in [0.5, 0.6) is 5.75 Å². The van der Waals surface area contributed by atoms with Crippen LogP contribution in [0.15, 0.2) is 54.6 Å². The number of primary amides is 1. The van der Waals surface area contributed by atoms with Crippen LogP contribution in [-0.4, -0.2) is 24.4 Å². The third-order valence-corrected chi connectivity index (χ3v) is 3.05. The van der Waals surface area contributed by atoms with Crippen LogP contribution in [0.4, 0.5) is 0 Å². The number of rotatable bonds is 7. The van der Waals surface area contributed by atoms with E-state index in [2.05, 4.69) is 0 Å². The Bertz CT molecular complexity index is 567. The summed E-state index contributed by atoms with van der Waals surface area (Å²) in [5.41, 5.74) is 7.42. The zero-order valence-electron chi connectivity index (χ0n) is 12.2. The number of carbonyl (C=O) groups is 1. The number of amides is 1. The summed E-state index contributed by atoms with van der Waals surface area (Å²) in [7, 11) is 1.87. The predicted octanol–water partition coefficient (Wildman–Crippen LogP) is 2.18. The third kappa shape index (κ3) is 5.28. The second-order valence-electron chi connectivity index (χ2n) is 5.06. The van der Waals surface area contributed by atoms with Gasteiger partial charge in [-0.25, -0.2) is 0 Å². The molecule has 2 aromatic rings. The topological polar surface area (TPSA) is 55.6 Å². The Balaban J connectivity index is 1.85. The molecule has 0 aromatic heterocycles. The van der Waals surface area contributed by atoms with Gasteiger partial charge in [0.2, 0.25) is 5.91 Å². The van der Waals surface area contributed by atoms with E-state index in [1.807, 2.05) is 66.5 Å². The smallest absolute Gasteiger partial charge is 0.231 e. The highest BCUT2D eigenvalue weighted by Gasteiger charge is 2.04. The SMILES string of the molecule is CN(CC(N)=O)Cc1ccc(OCc2ccccc2)cc1. The van der Waals surface area contributed by atoms with Gasteiger partial charge in [-0.3, -0.25) is 9.69 Å². The molecule has 2 aromatic carbocycles. The summed E-state index contributed by atoms with van der Waals surface area (Å²) in [5.74, 6) is 0.514. The zero-order valence-corrected chi connectivity index (χ0v) is 12.2. The van der Waals surface area contributed by atoms with Gasteiger partial charge < -0.3 is 10.5 Å². The Labute approximate surface area is 125 Å². The van der Waals surface area contributed by atoms with Crippen molar-refractivity contribution in [2.45, 2.75) is 13.2 Å². The van der Waals surface area contributed by atoms with Gasteiger partial charge in [-0.15, -0.1) is 0 Å². The molecule has 0 saturated heterocycles. The molecule has 0 aliphatic heterocycles. The number of hydrogen-bond donors (Lipinski definition) is 1. The summed E-state index contributed by atoms with van der Waals surface area (Å²) in [4.78, 5) is 12.7. The minimum atomic E-state index is -0.319. The maximum atomic E-state index is 10.8. The average Bonchev–Trinajstić information content (AvgIpc) is 2.47. The van der Waals surface area contributed by atoms with Gasteiger partial charge in [-0.1, -0.05) is 42.5 Å². The molecule has 0 spiro atoms. The lowest BCUT2D eigenvalue weighted by atomic mass is 10.2. The second-order valence-corrected chi connectivity index (χ2v) is 5.06. The number of nitrogens with two attached hydrogens (primary N) is 1. The molecule has 2 rings (SSSR count). The number of nitrogens with zero attached hydrogens (tertiary/aromatic N) is 1. The maximum Gasteiger partial charge on any atom is 0.231 e. The first-order valence-corrected chi connectivity index (χ1v) is 6.86. The number of hydrogen-bond acceptors (Lipinski definition) is 3. The molecule has 4 heteroatoms. The molecule has 2 N–H and O–H groups in total. The highest BCUT2D eigenvalue weighted by molar-refractivity contribution is 5.75. The standard InChI is InChI=1S/C17H20N2O2/c1-19(12-17(18)20)11-14-7-9-16(10-8-14)21-13-15-5-3-2-4-6-15/h2-10H,11-13H2,1H3,(H2,18,20). The molecule has 0 aliphatic carbocycles. The minimum Gasteiger partial charge on any atom is -0.489 e. The molecule has 0 unspecified atom stereocenters. The van der Waals surface area contributed by atoms with Crippen molar-refractivity contribution in [3.05, 3.63) is 65.7 Å². The van der Waals surface area contributed by atoms with Gasteiger partial charge in [0.25, 0.3) is 0 Å². The van der Waals surface area contributed by atoms with E-state index in [1.165, 1.54) is 0 Å². The Morgan fingerprint density at radius 1 is 1.05 bits per heavy atom. The normalized spacial score (nSPS) is 10.6. The Morgan fingerprint density at radius 3 is 2.33 bits per heavy atom. The van der Waals surface area contributed by atoms with Gasteiger partial charge in [-0.05, 0) is 30.3 Å². The van der Waals surface area contributed by atoms with E-state index in [1.54, 1.807) is 0 Å². The Hall–Kier alpha value is -2.33. The number of ether oxygens (including phenoxy) is 1. The monoisotopic (exact) mass is 284 g/mol. The molecule has 0 bridgehead atoms. The minimum absolute atomic E-state index is 0.256. The van der Waals surface area contributed by atoms with Gasteiger partial charge in [0.05, 0.1) is 6.54 Å². The van der Waals surface area contributed by atoms with Crippen molar-refractivity contribution >= 4 is 5.91 Å². The van der Waals surface area contributed by atoms with E-state index in [0.717, 1.165) is 16.9 Å². The Kier molecular flexibility index (Phi) is 5.35. The van der Waals surface area contributed by atoms with Crippen molar-refractivity contribution in [2.75, 3.05) is 13.6 Å². The van der Waals surface area contributed by atoms with Crippen LogP contribution in [0, 0.1) is 0 Å². The van der Waals surface area contributed by atoms with Gasteiger partial charge in [0, 0.05) is 6.54 Å². The molecular formula is C17H20N2O2. The van der Waals surface area contributed by atoms with Crippen LogP contribution in [0.1, 0.15) is 11.1 Å². The van der Waals surface area contributed by atoms with E-state index in [-0.39, 0.29) is 12.5 Å². The van der Waals surface area contributed by atoms with Crippen LogP contribution >= 0.6 is 0 Å². The first kappa shape index (κ1) is 15.1. The summed E-state index contributed by atoms with van der Waals surface area (Å²) >= 11 is 0. The third-order valence-electron chi connectivity index (χ3n) is 3.05. The van der Waals surface area contributed by atoms with Gasteiger partial charge in [-0.2, -0.15) is 0 Å². The molecule has 0 aliphatic rings. The van der Waals surface area contributed by atoms with Gasteiger partial charge in [0.1, 0.15) is 12.4 Å². The highest BCUT2D eigenvalue weighted by atomic mass is 16.5. The first-order chi connectivity index (χ1) is 10.1. The summed E-state index contributed by atoms with van der Waals surface area (Å²) in [5, 5.41) is 0. The summed E-state index contributed by atoms with van der Waals surface area (Å²) in [6, 6.07) is 17.9. The fraction of sp³-hybridized carbons (Fsp3) is 0.235. The van der Waals surface area contributed by atoms with Crippen molar-refractivity contribution in [1.82, 2.24) is 4.90 Å². The van der Waals surface area contributed by atoms with Crippen molar-refractivity contribution in [3.63, 3.8) is 0 Å². The molecule has 0 atom stereocenters. The molecule has 0 saturated carbocycles. The van der Waals surface area contributed by atoms with Crippen LogP contribution in [0.25, 0.3) is 0 Å². The Morgan fingerprint density at radius 2 is 1.71 bits per heavy atom. The van der Waals surface area contributed by atoms with E-state index < -0.39 is 0 Å². The van der Waals surface area contributed by atoms with E-state index in [9.17, 15) is 4.79 Å². The van der Waals surface area contributed by atoms with Crippen LogP contribution in [0.3, 0.4) is 0 Å². The maximum absolute atomic E-state index is 10.8. The molecule has 21 heavy (non-hydrogen) atoms. The van der Waals surface area contributed by atoms with Crippen LogP contribution in [0.2, 0.25) is 0 Å². The lowest BCUT2D eigenvalue weighted by Crippen LogP contribution is -2.30. The fourth-order valence-electron chi connectivity index (χ4n) is 2.07. The quantitative estimate of drug-likeness (QED) is 0.848. The number of carbonyl (C=O) groups excluding carboxylic acids is 1. The molecular weight excluding hydrogens is 264 g/mol. The number of likely N-dealkylation sites (N-methyl/N-ethyl adjacent to an activating group) is 1. The molecule has 0 heterocycles. The van der Waals surface area contributed by atoms with E-state index in [4.69, 9.17) is 10.5 Å². The van der Waals surface area contributed by atoms with Gasteiger partial charge in [0.15, 0.2) is 0 Å². The van der Waals surface area contributed by atoms with E-state index >= 15 is 0 Å². The summed E-state index contributed by atoms with van der Waals surface area (Å²) in [6.45, 7) is 1.50. The largest absolute Gasteiger partial charge is 0.489 e. The van der Waals surface area contributed by atoms with Crippen molar-refractivity contribution in [1.29, 1.82) is 0 Å². The molecule has 0 fully saturated rings. The summed E-state index contributed by atoms with van der Waals surface area (Å²) < 4.78 is 5.73. The second kappa shape index (κ2) is 7.45. The zero-order chi connectivity index (χ0) is 15.1. The molecule has 110 valence electrons. The lowest BCUT2D eigenvalue weighted by Gasteiger charge is -2.14. The van der Waals surface area contributed by atoms with Crippen LogP contribution in [-0.2, 0) is 17.9 Å². The fourth-order valence-corrected chi connectivity index (χ4v) is 2.07. The van der Waals surface area contributed by atoms with E-state index in [0.29, 0.717) is 13.2 Å². The number of benzene rings is 2. The lowest BCUT2D eigenvalue weighted by molar-refractivity contribution is -0.118.